The molecule has 0 bridgehead atoms. The number of rotatable bonds is 8. The molecule has 0 amide bonds. The lowest BCUT2D eigenvalue weighted by Gasteiger charge is -2.10. The molecule has 9 heteroatoms. The van der Waals surface area contributed by atoms with Crippen molar-refractivity contribution in [3.05, 3.63) is 28.3 Å². The van der Waals surface area contributed by atoms with E-state index in [2.05, 4.69) is 5.16 Å². The van der Waals surface area contributed by atoms with Crippen molar-refractivity contribution < 1.29 is 31.8 Å². The number of halogens is 1. The summed E-state index contributed by atoms with van der Waals surface area (Å²) in [4.78, 5) is 9.87. The van der Waals surface area contributed by atoms with Crippen LogP contribution in [0.2, 0.25) is 0 Å². The van der Waals surface area contributed by atoms with Crippen molar-refractivity contribution in [2.45, 2.75) is 32.6 Å². The van der Waals surface area contributed by atoms with Crippen LogP contribution in [0, 0.1) is 10.1 Å². The van der Waals surface area contributed by atoms with Crippen LogP contribution in [0.1, 0.15) is 25.6 Å². The third-order valence-corrected chi connectivity index (χ3v) is 2.75. The zero-order chi connectivity index (χ0) is 14.3. The number of nitro groups is 1. The molecule has 1 N–H and O–H groups in total. The fourth-order valence-electron chi connectivity index (χ4n) is 1.66. The number of oxime groups is 1. The molecule has 0 saturated heterocycles. The normalized spacial score (nSPS) is 12.3. The molecule has 0 fully saturated rings. The van der Waals surface area contributed by atoms with Gasteiger partial charge in [0.05, 0.1) is 13.2 Å². The summed E-state index contributed by atoms with van der Waals surface area (Å²) in [5.41, 5.74) is 0. The maximum absolute atomic E-state index is 10.2. The van der Waals surface area contributed by atoms with Crippen LogP contribution in [0.4, 0.5) is 0 Å². The van der Waals surface area contributed by atoms with Gasteiger partial charge in [-0.15, -0.1) is 0 Å². The zero-order valence-electron chi connectivity index (χ0n) is 11.5. The predicted octanol–water partition coefficient (Wildman–Crippen LogP) is -2.46. The summed E-state index contributed by atoms with van der Waals surface area (Å²) in [6, 6.07) is 0. The van der Waals surface area contributed by atoms with E-state index in [4.69, 9.17) is 9.94 Å². The van der Waals surface area contributed by atoms with Crippen LogP contribution >= 0.6 is 0 Å². The third-order valence-electron chi connectivity index (χ3n) is 2.75. The lowest BCUT2D eigenvalue weighted by molar-refractivity contribution is -0.672. The van der Waals surface area contributed by atoms with E-state index in [1.807, 2.05) is 20.2 Å². The molecule has 1 atom stereocenters. The highest BCUT2D eigenvalue weighted by molar-refractivity contribution is 5.72. The van der Waals surface area contributed by atoms with E-state index in [1.165, 1.54) is 6.21 Å². The molecule has 0 aliphatic heterocycles. The van der Waals surface area contributed by atoms with Gasteiger partial charge in [-0.1, -0.05) is 5.16 Å². The molecule has 0 aliphatic carbocycles. The molecule has 0 aliphatic rings. The molecule has 8 nitrogen and oxygen atoms in total. The standard InChI is InChI=1S/C11H18N4O4.ClH/c1-10(4-3-5-15(17)18)19-9-14-7-6-13(2)11(14)8-12-16;/h6-8,10H,3-5,9H2,1-2H3;1H. The number of ether oxygens (including phenoxy) is 1. The number of hydrogen-bond donors (Lipinski definition) is 1. The second-order valence-corrected chi connectivity index (χ2v) is 4.29. The van der Waals surface area contributed by atoms with Gasteiger partial charge in [0.1, 0.15) is 12.4 Å². The zero-order valence-corrected chi connectivity index (χ0v) is 12.2. The fraction of sp³-hybridized carbons (Fsp3) is 0.636. The summed E-state index contributed by atoms with van der Waals surface area (Å²) < 4.78 is 9.17. The van der Waals surface area contributed by atoms with E-state index in [0.29, 0.717) is 25.4 Å². The predicted molar refractivity (Wildman–Crippen MR) is 66.6 cm³/mol. The molecule has 1 rings (SSSR count). The Bertz CT molecular complexity index is 450. The first-order valence-electron chi connectivity index (χ1n) is 6.00. The van der Waals surface area contributed by atoms with Crippen LogP contribution in [0.15, 0.2) is 17.5 Å². The van der Waals surface area contributed by atoms with Crippen LogP contribution in [-0.2, 0) is 18.5 Å². The Kier molecular flexibility index (Phi) is 8.49. The molecular formula is C11H19ClN4O4. The summed E-state index contributed by atoms with van der Waals surface area (Å²) >= 11 is 0. The monoisotopic (exact) mass is 306 g/mol. The average Bonchev–Trinajstić information content (AvgIpc) is 2.69. The summed E-state index contributed by atoms with van der Waals surface area (Å²) in [6.07, 6.45) is 6.02. The lowest BCUT2D eigenvalue weighted by atomic mass is 10.2. The van der Waals surface area contributed by atoms with Crippen LogP contribution in [0.5, 0.6) is 0 Å². The molecular weight excluding hydrogens is 288 g/mol. The van der Waals surface area contributed by atoms with E-state index in [-0.39, 0.29) is 30.0 Å². The van der Waals surface area contributed by atoms with Gasteiger partial charge in [-0.05, 0) is 13.3 Å². The topological polar surface area (TPSA) is 93.8 Å². The summed E-state index contributed by atoms with van der Waals surface area (Å²) in [5.74, 6) is 0.694. The third kappa shape index (κ3) is 5.98. The van der Waals surface area contributed by atoms with Crippen molar-refractivity contribution in [2.75, 3.05) is 6.54 Å². The molecule has 0 aromatic carbocycles. The van der Waals surface area contributed by atoms with E-state index in [9.17, 15) is 10.1 Å². The van der Waals surface area contributed by atoms with Crippen LogP contribution in [-0.4, -0.2) is 33.6 Å². The maximum atomic E-state index is 10.2. The first kappa shape index (κ1) is 18.3. The summed E-state index contributed by atoms with van der Waals surface area (Å²) in [5, 5.41) is 21.8. The molecule has 1 aromatic heterocycles. The number of aryl methyl sites for hydroxylation is 1. The molecule has 114 valence electrons. The largest absolute Gasteiger partial charge is 1.00 e. The minimum Gasteiger partial charge on any atom is -1.00 e. The molecule has 0 radical (unpaired) electrons. The fourth-order valence-corrected chi connectivity index (χ4v) is 1.66. The number of hydrogen-bond acceptors (Lipinski definition) is 5. The smallest absolute Gasteiger partial charge is 0.305 e. The molecule has 0 saturated carbocycles. The highest BCUT2D eigenvalue weighted by atomic mass is 35.5. The Balaban J connectivity index is 0.00000361. The van der Waals surface area contributed by atoms with Gasteiger partial charge in [0.25, 0.3) is 0 Å². The van der Waals surface area contributed by atoms with Gasteiger partial charge in [-0.25, -0.2) is 9.13 Å². The van der Waals surface area contributed by atoms with E-state index in [0.717, 1.165) is 0 Å². The van der Waals surface area contributed by atoms with E-state index < -0.39 is 0 Å². The highest BCUT2D eigenvalue weighted by Gasteiger charge is 2.14. The SMILES string of the molecule is CC(CCC[N+](=O)[O-])OCn1cc[n+](C)c1/C=N/O.[Cl-]. The van der Waals surface area contributed by atoms with Gasteiger partial charge >= 0.3 is 5.82 Å². The van der Waals surface area contributed by atoms with E-state index >= 15 is 0 Å². The maximum Gasteiger partial charge on any atom is 0.305 e. The van der Waals surface area contributed by atoms with E-state index in [1.54, 1.807) is 15.3 Å². The van der Waals surface area contributed by atoms with Gasteiger partial charge in [0.2, 0.25) is 6.54 Å². The number of nitrogens with zero attached hydrogens (tertiary/aromatic N) is 4. The van der Waals surface area contributed by atoms with Crippen LogP contribution in [0.25, 0.3) is 0 Å². The molecule has 20 heavy (non-hydrogen) atoms. The van der Waals surface area contributed by atoms with Crippen molar-refractivity contribution >= 4 is 6.21 Å². The Hall–Kier alpha value is -1.67. The Morgan fingerprint density at radius 1 is 1.70 bits per heavy atom. The van der Waals surface area contributed by atoms with Crippen molar-refractivity contribution in [1.82, 2.24) is 4.57 Å². The summed E-state index contributed by atoms with van der Waals surface area (Å²) in [6.45, 7) is 2.15. The van der Waals surface area contributed by atoms with Gasteiger partial charge in [0, 0.05) is 11.3 Å². The number of imidazole rings is 1. The van der Waals surface area contributed by atoms with Crippen molar-refractivity contribution in [1.29, 1.82) is 0 Å². The van der Waals surface area contributed by atoms with Crippen LogP contribution < -0.4 is 17.0 Å². The van der Waals surface area contributed by atoms with Crippen LogP contribution in [0.3, 0.4) is 0 Å². The lowest BCUT2D eigenvalue weighted by Crippen LogP contribution is -3.00. The van der Waals surface area contributed by atoms with Gasteiger partial charge in [-0.3, -0.25) is 10.1 Å². The quantitative estimate of drug-likeness (QED) is 0.190. The summed E-state index contributed by atoms with van der Waals surface area (Å²) in [7, 11) is 1.83. The minimum atomic E-state index is -0.325. The Morgan fingerprint density at radius 2 is 2.40 bits per heavy atom. The molecule has 1 unspecified atom stereocenters. The second-order valence-electron chi connectivity index (χ2n) is 4.29. The Morgan fingerprint density at radius 3 is 3.00 bits per heavy atom. The highest BCUT2D eigenvalue weighted by Crippen LogP contribution is 2.04. The molecule has 0 spiro atoms. The molecule has 1 aromatic rings. The first-order valence-corrected chi connectivity index (χ1v) is 6.00. The second kappa shape index (κ2) is 9.27. The average molecular weight is 307 g/mol. The van der Waals surface area contributed by atoms with Crippen molar-refractivity contribution in [2.24, 2.45) is 12.2 Å². The number of aromatic nitrogens is 2. The first-order chi connectivity index (χ1) is 9.04. The van der Waals surface area contributed by atoms with Gasteiger partial charge < -0.3 is 22.4 Å². The van der Waals surface area contributed by atoms with Crippen molar-refractivity contribution in [3.63, 3.8) is 0 Å². The minimum absolute atomic E-state index is 0. The molecule has 1 heterocycles. The Labute approximate surface area is 123 Å². The van der Waals surface area contributed by atoms with Gasteiger partial charge in [-0.2, -0.15) is 0 Å². The van der Waals surface area contributed by atoms with Gasteiger partial charge in [0.15, 0.2) is 12.9 Å². The van der Waals surface area contributed by atoms with Crippen molar-refractivity contribution in [3.8, 4) is 0 Å².